The number of carbonyl (C=O) groups is 4. The number of hydrogen-bond donors (Lipinski definition) is 3. The van der Waals surface area contributed by atoms with Crippen LogP contribution in [0.25, 0.3) is 0 Å². The van der Waals surface area contributed by atoms with Crippen LogP contribution in [-0.2, 0) is 65.4 Å². The van der Waals surface area contributed by atoms with Crippen molar-refractivity contribution in [2.45, 2.75) is 369 Å². The van der Waals surface area contributed by atoms with Gasteiger partial charge in [0.05, 0.1) is 26.4 Å². The van der Waals surface area contributed by atoms with Crippen LogP contribution in [0.4, 0.5) is 0 Å². The van der Waals surface area contributed by atoms with Gasteiger partial charge in [-0.2, -0.15) is 0 Å². The number of unbranched alkanes of at least 4 members (excludes halogenated alkanes) is 33. The smallest absolute Gasteiger partial charge is 0.462 e. The Bertz CT molecular complexity index is 1780. The Hall–Kier alpha value is -1.94. The van der Waals surface area contributed by atoms with Gasteiger partial charge in [-0.3, -0.25) is 37.3 Å². The lowest BCUT2D eigenvalue weighted by Crippen LogP contribution is -2.30. The molecule has 0 aromatic carbocycles. The SMILES string of the molecule is CCC(C)CCCCCCCCC(=O)OC[C@H](COP(=O)(O)OC[C@H](O)COP(=O)(O)OC[C@@H](COC(=O)CCCCCCCCCCCCCCCC(C)C)OC(=O)CCCCCCCCC(C)C)OC(=O)CCCCCCCCCCCCCCC(C)C. The molecule has 0 aliphatic rings. The van der Waals surface area contributed by atoms with Crippen LogP contribution in [0.2, 0.25) is 0 Å². The maximum absolute atomic E-state index is 13.0. The predicted octanol–water partition coefficient (Wildman–Crippen LogP) is 20.1. The first-order chi connectivity index (χ1) is 43.1. The molecule has 6 atom stereocenters. The van der Waals surface area contributed by atoms with Crippen molar-refractivity contribution in [2.24, 2.45) is 23.7 Å². The van der Waals surface area contributed by atoms with E-state index in [1.54, 1.807) is 0 Å². The van der Waals surface area contributed by atoms with Crippen molar-refractivity contribution < 1.29 is 80.2 Å². The molecule has 0 saturated heterocycles. The average molecular weight is 1330 g/mol. The molecule has 0 aromatic heterocycles. The summed E-state index contributed by atoms with van der Waals surface area (Å²) in [6, 6.07) is 0. The van der Waals surface area contributed by atoms with Gasteiger partial charge in [-0.15, -0.1) is 0 Å². The summed E-state index contributed by atoms with van der Waals surface area (Å²) < 4.78 is 68.3. The topological polar surface area (TPSA) is 237 Å². The van der Waals surface area contributed by atoms with E-state index in [1.165, 1.54) is 148 Å². The van der Waals surface area contributed by atoms with Crippen LogP contribution in [-0.4, -0.2) is 96.7 Å². The Balaban J connectivity index is 5.20. The highest BCUT2D eigenvalue weighted by Gasteiger charge is 2.30. The van der Waals surface area contributed by atoms with E-state index in [1.807, 2.05) is 0 Å². The maximum atomic E-state index is 13.0. The first kappa shape index (κ1) is 88.1. The van der Waals surface area contributed by atoms with Gasteiger partial charge >= 0.3 is 39.5 Å². The summed E-state index contributed by atoms with van der Waals surface area (Å²) in [5.41, 5.74) is 0. The van der Waals surface area contributed by atoms with E-state index in [4.69, 9.17) is 37.0 Å². The van der Waals surface area contributed by atoms with E-state index in [0.29, 0.717) is 31.6 Å². The Morgan fingerprint density at radius 2 is 0.533 bits per heavy atom. The molecule has 0 spiro atoms. The summed E-state index contributed by atoms with van der Waals surface area (Å²) in [4.78, 5) is 72.5. The molecule has 0 aromatic rings. The number of carbonyl (C=O) groups excluding carboxylic acids is 4. The molecule has 0 fully saturated rings. The number of aliphatic hydroxyl groups excluding tert-OH is 1. The molecule has 0 radical (unpaired) electrons. The van der Waals surface area contributed by atoms with Gasteiger partial charge in [0.15, 0.2) is 12.2 Å². The van der Waals surface area contributed by atoms with Crippen molar-refractivity contribution >= 4 is 39.5 Å². The number of esters is 4. The summed E-state index contributed by atoms with van der Waals surface area (Å²) in [5, 5.41) is 10.6. The standard InChI is InChI=1S/C71H138O17P2/c1-9-64(8)50-42-34-28-30-36-44-52-69(74)82-58-66(87-70(75)53-45-37-26-22-18-14-13-16-20-24-32-40-48-62(4)5)59-85-89(77,78)83-55-65(72)56-84-90(79,80)86-60-67(88-71(76)54-46-38-29-27-33-41-49-63(6)7)57-81-68(73)51-43-35-25-21-17-12-10-11-15-19-23-31-39-47-61(2)3/h61-67,72H,9-60H2,1-8H3,(H,77,78)(H,79,80)/t64?,65-,66+,67+/m0/s1. The molecule has 90 heavy (non-hydrogen) atoms. The molecule has 19 heteroatoms. The molecule has 3 unspecified atom stereocenters. The third-order valence-corrected chi connectivity index (χ3v) is 18.6. The molecular weight excluding hydrogens is 1190 g/mol. The van der Waals surface area contributed by atoms with Gasteiger partial charge in [0, 0.05) is 25.7 Å². The Kier molecular flexibility index (Phi) is 59.4. The summed E-state index contributed by atoms with van der Waals surface area (Å²) in [6.07, 6.45) is 43.3. The van der Waals surface area contributed by atoms with E-state index in [9.17, 15) is 43.2 Å². The monoisotopic (exact) mass is 1320 g/mol. The highest BCUT2D eigenvalue weighted by atomic mass is 31.2. The zero-order valence-corrected chi connectivity index (χ0v) is 60.6. The fraction of sp³-hybridized carbons (Fsp3) is 0.944. The van der Waals surface area contributed by atoms with E-state index < -0.39 is 97.5 Å². The quantitative estimate of drug-likeness (QED) is 0.0222. The molecular formula is C71H138O17P2. The number of phosphoric acid groups is 2. The lowest BCUT2D eigenvalue weighted by Gasteiger charge is -2.21. The van der Waals surface area contributed by atoms with E-state index >= 15 is 0 Å². The minimum Gasteiger partial charge on any atom is -0.462 e. The summed E-state index contributed by atoms with van der Waals surface area (Å²) in [6.45, 7) is 14.1. The van der Waals surface area contributed by atoms with Crippen molar-refractivity contribution in [2.75, 3.05) is 39.6 Å². The van der Waals surface area contributed by atoms with E-state index in [2.05, 4.69) is 55.4 Å². The van der Waals surface area contributed by atoms with Crippen molar-refractivity contribution in [3.05, 3.63) is 0 Å². The molecule has 17 nitrogen and oxygen atoms in total. The van der Waals surface area contributed by atoms with Gasteiger partial charge in [0.2, 0.25) is 0 Å². The molecule has 0 heterocycles. The molecule has 0 amide bonds. The van der Waals surface area contributed by atoms with Crippen molar-refractivity contribution in [3.8, 4) is 0 Å². The summed E-state index contributed by atoms with van der Waals surface area (Å²) >= 11 is 0. The Morgan fingerprint density at radius 1 is 0.311 bits per heavy atom. The number of ether oxygens (including phenoxy) is 4. The summed E-state index contributed by atoms with van der Waals surface area (Å²) in [7, 11) is -9.90. The van der Waals surface area contributed by atoms with Gasteiger partial charge in [0.25, 0.3) is 0 Å². The Morgan fingerprint density at radius 3 is 0.789 bits per heavy atom. The van der Waals surface area contributed by atoms with Gasteiger partial charge in [0.1, 0.15) is 19.3 Å². The molecule has 0 aliphatic heterocycles. The molecule has 0 saturated carbocycles. The van der Waals surface area contributed by atoms with Gasteiger partial charge in [-0.25, -0.2) is 9.13 Å². The number of hydrogen-bond acceptors (Lipinski definition) is 15. The summed E-state index contributed by atoms with van der Waals surface area (Å²) in [5.74, 6) is 0.835. The van der Waals surface area contributed by atoms with Gasteiger partial charge in [-0.05, 0) is 49.4 Å². The lowest BCUT2D eigenvalue weighted by atomic mass is 10.00. The first-order valence-corrected chi connectivity index (χ1v) is 39.7. The fourth-order valence-electron chi connectivity index (χ4n) is 10.6. The third kappa shape index (κ3) is 63.5. The second-order valence-corrected chi connectivity index (χ2v) is 30.2. The third-order valence-electron chi connectivity index (χ3n) is 16.7. The molecule has 0 rings (SSSR count). The largest absolute Gasteiger partial charge is 0.472 e. The van der Waals surface area contributed by atoms with Crippen LogP contribution >= 0.6 is 15.6 Å². The highest BCUT2D eigenvalue weighted by Crippen LogP contribution is 2.45. The van der Waals surface area contributed by atoms with Crippen LogP contribution < -0.4 is 0 Å². The number of phosphoric ester groups is 2. The lowest BCUT2D eigenvalue weighted by molar-refractivity contribution is -0.161. The minimum atomic E-state index is -4.95. The molecule has 0 aliphatic carbocycles. The zero-order valence-electron chi connectivity index (χ0n) is 58.8. The second-order valence-electron chi connectivity index (χ2n) is 27.3. The normalized spacial score (nSPS) is 14.6. The van der Waals surface area contributed by atoms with Crippen molar-refractivity contribution in [1.29, 1.82) is 0 Å². The first-order valence-electron chi connectivity index (χ1n) is 36.7. The van der Waals surface area contributed by atoms with E-state index in [-0.39, 0.29) is 25.7 Å². The van der Waals surface area contributed by atoms with Crippen molar-refractivity contribution in [1.82, 2.24) is 0 Å². The molecule has 3 N–H and O–H groups in total. The van der Waals surface area contributed by atoms with Gasteiger partial charge in [-0.1, -0.05) is 299 Å². The Labute approximate surface area is 549 Å². The van der Waals surface area contributed by atoms with Gasteiger partial charge < -0.3 is 33.8 Å². The fourth-order valence-corrected chi connectivity index (χ4v) is 12.2. The minimum absolute atomic E-state index is 0.102. The van der Waals surface area contributed by atoms with Crippen molar-refractivity contribution in [3.63, 3.8) is 0 Å². The maximum Gasteiger partial charge on any atom is 0.472 e. The molecule has 534 valence electrons. The van der Waals surface area contributed by atoms with Crippen LogP contribution in [0, 0.1) is 23.7 Å². The van der Waals surface area contributed by atoms with E-state index in [0.717, 1.165) is 114 Å². The van der Waals surface area contributed by atoms with Crippen LogP contribution in [0.3, 0.4) is 0 Å². The predicted molar refractivity (Wildman–Crippen MR) is 363 cm³/mol. The number of aliphatic hydroxyl groups is 1. The van der Waals surface area contributed by atoms with Crippen LogP contribution in [0.5, 0.6) is 0 Å². The zero-order chi connectivity index (χ0) is 66.8. The molecule has 0 bridgehead atoms. The second kappa shape index (κ2) is 60.7. The average Bonchev–Trinajstić information content (AvgIpc) is 3.65. The number of rotatable bonds is 68. The van der Waals surface area contributed by atoms with Crippen LogP contribution in [0.15, 0.2) is 0 Å². The van der Waals surface area contributed by atoms with Crippen LogP contribution in [0.1, 0.15) is 351 Å². The highest BCUT2D eigenvalue weighted by molar-refractivity contribution is 7.47.